The van der Waals surface area contributed by atoms with E-state index in [-0.39, 0.29) is 5.69 Å². The van der Waals surface area contributed by atoms with Gasteiger partial charge >= 0.3 is 0 Å². The molecule has 0 saturated heterocycles. The highest BCUT2D eigenvalue weighted by Gasteiger charge is 2.10. The Hall–Kier alpha value is -1.31. The molecule has 0 saturated carbocycles. The van der Waals surface area contributed by atoms with Gasteiger partial charge in [0.1, 0.15) is 0 Å². The van der Waals surface area contributed by atoms with Gasteiger partial charge in [-0.05, 0) is 17.7 Å². The lowest BCUT2D eigenvalue weighted by molar-refractivity contribution is -0.384. The van der Waals surface area contributed by atoms with Gasteiger partial charge in [0.15, 0.2) is 0 Å². The van der Waals surface area contributed by atoms with Gasteiger partial charge in [-0.15, -0.1) is 0 Å². The fourth-order valence-electron chi connectivity index (χ4n) is 1.51. The van der Waals surface area contributed by atoms with Crippen LogP contribution in [0.2, 0.25) is 0 Å². The van der Waals surface area contributed by atoms with Gasteiger partial charge < -0.3 is 10.4 Å². The Kier molecular flexibility index (Phi) is 6.61. The summed E-state index contributed by atoms with van der Waals surface area (Å²) in [6.07, 6.45) is -0.726. The molecule has 19 heavy (non-hydrogen) atoms. The van der Waals surface area contributed by atoms with Crippen LogP contribution in [0.5, 0.6) is 0 Å². The molecule has 0 spiro atoms. The zero-order valence-corrected chi connectivity index (χ0v) is 11.6. The van der Waals surface area contributed by atoms with E-state index >= 15 is 0 Å². The van der Waals surface area contributed by atoms with Crippen LogP contribution in [0.4, 0.5) is 5.69 Å². The summed E-state index contributed by atoms with van der Waals surface area (Å²) in [6.45, 7) is 2.77. The van der Waals surface area contributed by atoms with Crippen LogP contribution in [0.15, 0.2) is 24.3 Å². The number of aliphatic hydroxyl groups is 1. The summed E-state index contributed by atoms with van der Waals surface area (Å²) in [4.78, 5) is 10.0. The number of nitrogens with zero attached hydrogens (tertiary/aromatic N) is 1. The Balaban J connectivity index is 2.38. The fourth-order valence-corrected chi connectivity index (χ4v) is 2.17. The average molecular weight is 286 g/mol. The second kappa shape index (κ2) is 7.98. The van der Waals surface area contributed by atoms with Crippen molar-refractivity contribution in [3.8, 4) is 0 Å². The molecule has 1 aromatic carbocycles. The van der Waals surface area contributed by atoms with Gasteiger partial charge in [-0.3, -0.25) is 14.3 Å². The summed E-state index contributed by atoms with van der Waals surface area (Å²) in [6, 6.07) is 5.80. The standard InChI is InChI=1S/C12H18N2O4S/c1-2-19(18)8-7-13-9-12(15)10-3-5-11(6-4-10)14(16)17/h3-6,12-13,15H,2,7-9H2,1H3. The molecular weight excluding hydrogens is 268 g/mol. The predicted molar refractivity (Wildman–Crippen MR) is 74.5 cm³/mol. The quantitative estimate of drug-likeness (QED) is 0.422. The number of nitro benzene ring substituents is 1. The molecule has 0 fully saturated rings. The van der Waals surface area contributed by atoms with E-state index in [1.807, 2.05) is 6.92 Å². The Morgan fingerprint density at radius 2 is 2.05 bits per heavy atom. The van der Waals surface area contributed by atoms with Crippen molar-refractivity contribution in [2.75, 3.05) is 24.6 Å². The summed E-state index contributed by atoms with van der Waals surface area (Å²) in [7, 11) is -0.814. The van der Waals surface area contributed by atoms with Crippen molar-refractivity contribution >= 4 is 16.5 Å². The van der Waals surface area contributed by atoms with Gasteiger partial charge in [-0.1, -0.05) is 6.92 Å². The maximum absolute atomic E-state index is 11.2. The molecule has 2 unspecified atom stereocenters. The Morgan fingerprint density at radius 1 is 1.42 bits per heavy atom. The Labute approximate surface area is 114 Å². The highest BCUT2D eigenvalue weighted by atomic mass is 32.2. The number of non-ortho nitro benzene ring substituents is 1. The summed E-state index contributed by atoms with van der Waals surface area (Å²) in [5.41, 5.74) is 0.622. The maximum atomic E-state index is 11.2. The molecular formula is C12H18N2O4S. The summed E-state index contributed by atoms with van der Waals surface area (Å²) in [5, 5.41) is 23.4. The normalized spacial score (nSPS) is 14.0. The molecule has 0 radical (unpaired) electrons. The minimum Gasteiger partial charge on any atom is -0.387 e. The van der Waals surface area contributed by atoms with Crippen LogP contribution in [-0.2, 0) is 10.8 Å². The molecule has 1 aromatic rings. The number of benzene rings is 1. The summed E-state index contributed by atoms with van der Waals surface area (Å²) in [5.74, 6) is 1.19. The molecule has 0 bridgehead atoms. The van der Waals surface area contributed by atoms with Crippen LogP contribution >= 0.6 is 0 Å². The van der Waals surface area contributed by atoms with E-state index in [1.165, 1.54) is 24.3 Å². The number of hydrogen-bond donors (Lipinski definition) is 2. The van der Waals surface area contributed by atoms with Crippen LogP contribution in [0, 0.1) is 10.1 Å². The monoisotopic (exact) mass is 286 g/mol. The predicted octanol–water partition coefficient (Wildman–Crippen LogP) is 0.986. The van der Waals surface area contributed by atoms with Crippen molar-refractivity contribution in [1.29, 1.82) is 0 Å². The van der Waals surface area contributed by atoms with E-state index in [1.54, 1.807) is 0 Å². The molecule has 1 rings (SSSR count). The van der Waals surface area contributed by atoms with Crippen LogP contribution < -0.4 is 5.32 Å². The molecule has 0 aliphatic carbocycles. The molecule has 6 nitrogen and oxygen atoms in total. The summed E-state index contributed by atoms with van der Waals surface area (Å²) >= 11 is 0. The Bertz CT molecular complexity index is 436. The van der Waals surface area contributed by atoms with E-state index in [0.717, 1.165) is 0 Å². The molecule has 2 N–H and O–H groups in total. The molecule has 106 valence electrons. The molecule has 0 amide bonds. The number of nitrogens with one attached hydrogen (secondary N) is 1. The zero-order chi connectivity index (χ0) is 14.3. The van der Waals surface area contributed by atoms with Crippen molar-refractivity contribution in [1.82, 2.24) is 5.32 Å². The first-order valence-corrected chi connectivity index (χ1v) is 7.51. The minimum atomic E-state index is -0.814. The van der Waals surface area contributed by atoms with Crippen molar-refractivity contribution < 1.29 is 14.2 Å². The molecule has 0 aromatic heterocycles. The molecule has 7 heteroatoms. The lowest BCUT2D eigenvalue weighted by Crippen LogP contribution is -2.26. The zero-order valence-electron chi connectivity index (χ0n) is 10.7. The van der Waals surface area contributed by atoms with Crippen LogP contribution in [0.25, 0.3) is 0 Å². The van der Waals surface area contributed by atoms with Crippen LogP contribution in [-0.4, -0.2) is 38.8 Å². The fraction of sp³-hybridized carbons (Fsp3) is 0.500. The molecule has 0 aliphatic heterocycles. The number of rotatable bonds is 8. The molecule has 2 atom stereocenters. The van der Waals surface area contributed by atoms with Crippen molar-refractivity contribution in [2.24, 2.45) is 0 Å². The first-order valence-electron chi connectivity index (χ1n) is 6.02. The number of nitro groups is 1. The van der Waals surface area contributed by atoms with Crippen LogP contribution in [0.1, 0.15) is 18.6 Å². The third-order valence-electron chi connectivity index (χ3n) is 2.65. The molecule has 0 aliphatic rings. The Morgan fingerprint density at radius 3 is 2.58 bits per heavy atom. The van der Waals surface area contributed by atoms with Crippen molar-refractivity contribution in [3.63, 3.8) is 0 Å². The van der Waals surface area contributed by atoms with Crippen LogP contribution in [0.3, 0.4) is 0 Å². The lowest BCUT2D eigenvalue weighted by atomic mass is 10.1. The largest absolute Gasteiger partial charge is 0.387 e. The van der Waals surface area contributed by atoms with E-state index in [9.17, 15) is 19.4 Å². The first-order chi connectivity index (χ1) is 9.04. The van der Waals surface area contributed by atoms with E-state index in [2.05, 4.69) is 5.32 Å². The van der Waals surface area contributed by atoms with Gasteiger partial charge in [0, 0.05) is 47.5 Å². The van der Waals surface area contributed by atoms with E-state index in [0.29, 0.717) is 30.2 Å². The highest BCUT2D eigenvalue weighted by molar-refractivity contribution is 7.84. The third-order valence-corrected chi connectivity index (χ3v) is 3.96. The lowest BCUT2D eigenvalue weighted by Gasteiger charge is -2.11. The van der Waals surface area contributed by atoms with Gasteiger partial charge in [0.05, 0.1) is 11.0 Å². The van der Waals surface area contributed by atoms with Gasteiger partial charge in [0.25, 0.3) is 5.69 Å². The molecule has 0 heterocycles. The van der Waals surface area contributed by atoms with E-state index < -0.39 is 21.8 Å². The highest BCUT2D eigenvalue weighted by Crippen LogP contribution is 2.17. The van der Waals surface area contributed by atoms with Crippen molar-refractivity contribution in [2.45, 2.75) is 13.0 Å². The topological polar surface area (TPSA) is 92.5 Å². The SMILES string of the molecule is CCS(=O)CCNCC(O)c1ccc([N+](=O)[O-])cc1. The van der Waals surface area contributed by atoms with Gasteiger partial charge in [-0.25, -0.2) is 0 Å². The van der Waals surface area contributed by atoms with Gasteiger partial charge in [-0.2, -0.15) is 0 Å². The first kappa shape index (κ1) is 15.7. The van der Waals surface area contributed by atoms with Crippen molar-refractivity contribution in [3.05, 3.63) is 39.9 Å². The third kappa shape index (κ3) is 5.46. The van der Waals surface area contributed by atoms with E-state index in [4.69, 9.17) is 0 Å². The smallest absolute Gasteiger partial charge is 0.269 e. The maximum Gasteiger partial charge on any atom is 0.269 e. The second-order valence-corrected chi connectivity index (χ2v) is 5.87. The number of aliphatic hydroxyl groups excluding tert-OH is 1. The second-order valence-electron chi connectivity index (χ2n) is 4.00. The number of hydrogen-bond acceptors (Lipinski definition) is 5. The van der Waals surface area contributed by atoms with Gasteiger partial charge in [0.2, 0.25) is 0 Å². The minimum absolute atomic E-state index is 0.00208. The average Bonchev–Trinajstić information content (AvgIpc) is 2.43. The summed E-state index contributed by atoms with van der Waals surface area (Å²) < 4.78 is 11.2.